The summed E-state index contributed by atoms with van der Waals surface area (Å²) in [6, 6.07) is 1.61. The van der Waals surface area contributed by atoms with Gasteiger partial charge in [0.2, 0.25) is 5.91 Å². The molecular weight excluding hydrogens is 156 g/mol. The molecule has 1 heterocycles. The molecule has 1 unspecified atom stereocenters. The average Bonchev–Trinajstić information content (AvgIpc) is 2.53. The van der Waals surface area contributed by atoms with Crippen LogP contribution in [0.25, 0.3) is 0 Å². The van der Waals surface area contributed by atoms with Crippen molar-refractivity contribution in [3.05, 3.63) is 24.0 Å². The molecule has 0 aliphatic rings. The highest BCUT2D eigenvalue weighted by molar-refractivity contribution is 6.09. The number of carbonyl (C=O) groups is 2. The van der Waals surface area contributed by atoms with Gasteiger partial charge in [0.15, 0.2) is 5.78 Å². The third kappa shape index (κ3) is 1.53. The Balaban J connectivity index is 2.79. The normalized spacial score (nSPS) is 12.4. The van der Waals surface area contributed by atoms with Crippen LogP contribution in [0, 0.1) is 5.92 Å². The van der Waals surface area contributed by atoms with Crippen LogP contribution in [0.2, 0.25) is 0 Å². The van der Waals surface area contributed by atoms with E-state index < -0.39 is 11.8 Å². The highest BCUT2D eigenvalue weighted by atomic mass is 16.2. The van der Waals surface area contributed by atoms with Crippen LogP contribution < -0.4 is 5.73 Å². The molecule has 0 spiro atoms. The molecular formula is C8H10N2O2. The molecule has 0 saturated heterocycles. The topological polar surface area (TPSA) is 76.0 Å². The minimum atomic E-state index is -0.749. The van der Waals surface area contributed by atoms with Crippen LogP contribution in [-0.4, -0.2) is 16.7 Å². The molecule has 0 aromatic carbocycles. The summed E-state index contributed by atoms with van der Waals surface area (Å²) in [5.74, 6) is -1.59. The lowest BCUT2D eigenvalue weighted by molar-refractivity contribution is -0.119. The highest BCUT2D eigenvalue weighted by Crippen LogP contribution is 2.06. The van der Waals surface area contributed by atoms with Crippen molar-refractivity contribution in [2.75, 3.05) is 0 Å². The van der Waals surface area contributed by atoms with Gasteiger partial charge in [-0.05, 0) is 13.0 Å². The quantitative estimate of drug-likeness (QED) is 0.501. The van der Waals surface area contributed by atoms with Crippen LogP contribution in [0.15, 0.2) is 18.5 Å². The fraction of sp³-hybridized carbons (Fsp3) is 0.250. The van der Waals surface area contributed by atoms with Gasteiger partial charge in [-0.1, -0.05) is 0 Å². The number of H-pyrrole nitrogens is 1. The van der Waals surface area contributed by atoms with Crippen molar-refractivity contribution < 1.29 is 9.59 Å². The summed E-state index contributed by atoms with van der Waals surface area (Å²) in [6.45, 7) is 1.50. The molecule has 64 valence electrons. The molecule has 12 heavy (non-hydrogen) atoms. The van der Waals surface area contributed by atoms with Crippen molar-refractivity contribution in [2.45, 2.75) is 6.92 Å². The predicted molar refractivity (Wildman–Crippen MR) is 43.5 cm³/mol. The summed E-state index contributed by atoms with van der Waals surface area (Å²) in [6.07, 6.45) is 3.17. The van der Waals surface area contributed by atoms with Crippen molar-refractivity contribution in [1.82, 2.24) is 4.98 Å². The monoisotopic (exact) mass is 166 g/mol. The second-order valence-corrected chi connectivity index (χ2v) is 2.59. The summed E-state index contributed by atoms with van der Waals surface area (Å²) in [5.41, 5.74) is 5.46. The molecule has 0 bridgehead atoms. The molecule has 4 heteroatoms. The number of rotatable bonds is 3. The summed E-state index contributed by atoms with van der Waals surface area (Å²) in [5, 5.41) is 0. The zero-order valence-corrected chi connectivity index (χ0v) is 6.70. The third-order valence-electron chi connectivity index (χ3n) is 1.70. The van der Waals surface area contributed by atoms with Gasteiger partial charge in [-0.2, -0.15) is 0 Å². The number of amides is 1. The number of hydrogen-bond donors (Lipinski definition) is 2. The van der Waals surface area contributed by atoms with Crippen LogP contribution in [-0.2, 0) is 4.79 Å². The van der Waals surface area contributed by atoms with E-state index in [4.69, 9.17) is 5.73 Å². The number of nitrogens with two attached hydrogens (primary N) is 1. The van der Waals surface area contributed by atoms with Gasteiger partial charge in [0, 0.05) is 18.0 Å². The number of carbonyl (C=O) groups excluding carboxylic acids is 2. The van der Waals surface area contributed by atoms with Crippen LogP contribution >= 0.6 is 0 Å². The fourth-order valence-corrected chi connectivity index (χ4v) is 0.856. The van der Waals surface area contributed by atoms with Crippen LogP contribution in [0.5, 0.6) is 0 Å². The zero-order chi connectivity index (χ0) is 9.14. The van der Waals surface area contributed by atoms with E-state index >= 15 is 0 Å². The van der Waals surface area contributed by atoms with Crippen molar-refractivity contribution in [1.29, 1.82) is 0 Å². The van der Waals surface area contributed by atoms with Crippen molar-refractivity contribution in [2.24, 2.45) is 11.7 Å². The minimum absolute atomic E-state index is 0.247. The smallest absolute Gasteiger partial charge is 0.228 e. The van der Waals surface area contributed by atoms with Crippen LogP contribution in [0.3, 0.4) is 0 Å². The van der Waals surface area contributed by atoms with Crippen molar-refractivity contribution in [3.8, 4) is 0 Å². The van der Waals surface area contributed by atoms with E-state index in [1.54, 1.807) is 18.5 Å². The maximum absolute atomic E-state index is 11.3. The minimum Gasteiger partial charge on any atom is -0.369 e. The Morgan fingerprint density at radius 2 is 2.25 bits per heavy atom. The van der Waals surface area contributed by atoms with E-state index in [9.17, 15) is 9.59 Å². The fourth-order valence-electron chi connectivity index (χ4n) is 0.856. The van der Waals surface area contributed by atoms with E-state index in [1.807, 2.05) is 0 Å². The van der Waals surface area contributed by atoms with Gasteiger partial charge >= 0.3 is 0 Å². The van der Waals surface area contributed by atoms with E-state index in [0.717, 1.165) is 0 Å². The third-order valence-corrected chi connectivity index (χ3v) is 1.70. The Kier molecular flexibility index (Phi) is 2.28. The Morgan fingerprint density at radius 3 is 2.67 bits per heavy atom. The maximum atomic E-state index is 11.3. The number of Topliss-reactive ketones (excluding diaryl/α,β-unsaturated/α-hetero) is 1. The van der Waals surface area contributed by atoms with Crippen molar-refractivity contribution >= 4 is 11.7 Å². The standard InChI is InChI=1S/C8H10N2O2/c1-5(8(9)12)7(11)6-2-3-10-4-6/h2-5,10H,1H3,(H2,9,12). The molecule has 1 aromatic heterocycles. The Labute approximate surface area is 69.8 Å². The first kappa shape index (κ1) is 8.52. The lowest BCUT2D eigenvalue weighted by atomic mass is 10.0. The molecule has 0 aliphatic heterocycles. The summed E-state index contributed by atoms with van der Waals surface area (Å²) < 4.78 is 0. The molecule has 0 fully saturated rings. The first-order chi connectivity index (χ1) is 5.63. The SMILES string of the molecule is CC(C(N)=O)C(=O)c1cc[nH]c1. The lowest BCUT2D eigenvalue weighted by Crippen LogP contribution is -2.27. The summed E-state index contributed by atoms with van der Waals surface area (Å²) >= 11 is 0. The van der Waals surface area contributed by atoms with Gasteiger partial charge < -0.3 is 10.7 Å². The Hall–Kier alpha value is -1.58. The van der Waals surface area contributed by atoms with E-state index in [1.165, 1.54) is 6.92 Å². The van der Waals surface area contributed by atoms with E-state index in [2.05, 4.69) is 4.98 Å². The Bertz CT molecular complexity index is 290. The number of primary amides is 1. The lowest BCUT2D eigenvalue weighted by Gasteiger charge is -2.02. The van der Waals surface area contributed by atoms with Gasteiger partial charge in [-0.3, -0.25) is 9.59 Å². The van der Waals surface area contributed by atoms with E-state index in [0.29, 0.717) is 5.56 Å². The maximum Gasteiger partial charge on any atom is 0.228 e. The number of nitrogens with one attached hydrogen (secondary N) is 1. The van der Waals surface area contributed by atoms with Crippen molar-refractivity contribution in [3.63, 3.8) is 0 Å². The molecule has 3 N–H and O–H groups in total. The first-order valence-corrected chi connectivity index (χ1v) is 3.59. The molecule has 1 atom stereocenters. The average molecular weight is 166 g/mol. The number of aromatic nitrogens is 1. The predicted octanol–water partition coefficient (Wildman–Crippen LogP) is 0.319. The van der Waals surface area contributed by atoms with Gasteiger partial charge in [-0.25, -0.2) is 0 Å². The second-order valence-electron chi connectivity index (χ2n) is 2.59. The van der Waals surface area contributed by atoms with Gasteiger partial charge in [0.05, 0.1) is 5.92 Å². The zero-order valence-electron chi connectivity index (χ0n) is 6.70. The van der Waals surface area contributed by atoms with Gasteiger partial charge in [0.25, 0.3) is 0 Å². The molecule has 4 nitrogen and oxygen atoms in total. The first-order valence-electron chi connectivity index (χ1n) is 3.59. The summed E-state index contributed by atoms with van der Waals surface area (Å²) in [4.78, 5) is 24.7. The molecule has 1 amide bonds. The van der Waals surface area contributed by atoms with E-state index in [-0.39, 0.29) is 5.78 Å². The Morgan fingerprint density at radius 1 is 1.58 bits per heavy atom. The number of ketones is 1. The highest BCUT2D eigenvalue weighted by Gasteiger charge is 2.19. The molecule has 0 saturated carbocycles. The number of hydrogen-bond acceptors (Lipinski definition) is 2. The van der Waals surface area contributed by atoms with Gasteiger partial charge in [0.1, 0.15) is 0 Å². The van der Waals surface area contributed by atoms with Crippen LogP contribution in [0.4, 0.5) is 0 Å². The summed E-state index contributed by atoms with van der Waals surface area (Å²) in [7, 11) is 0. The second kappa shape index (κ2) is 3.21. The largest absolute Gasteiger partial charge is 0.369 e. The molecule has 0 radical (unpaired) electrons. The van der Waals surface area contributed by atoms with Crippen LogP contribution in [0.1, 0.15) is 17.3 Å². The molecule has 1 rings (SSSR count). The van der Waals surface area contributed by atoms with Gasteiger partial charge in [-0.15, -0.1) is 0 Å². The molecule has 0 aliphatic carbocycles. The molecule has 1 aromatic rings. The number of aromatic amines is 1.